The van der Waals surface area contributed by atoms with Crippen LogP contribution < -0.4 is 5.73 Å². The fraction of sp³-hybridized carbons (Fsp3) is 1.00. The summed E-state index contributed by atoms with van der Waals surface area (Å²) in [7, 11) is 0. The SMILES string of the molecule is CBr.CC(C)CN. The van der Waals surface area contributed by atoms with Crippen molar-refractivity contribution in [3.63, 3.8) is 0 Å². The summed E-state index contributed by atoms with van der Waals surface area (Å²) in [5, 5.41) is 0. The van der Waals surface area contributed by atoms with Gasteiger partial charge in [-0.2, -0.15) is 0 Å². The van der Waals surface area contributed by atoms with E-state index >= 15 is 0 Å². The zero-order valence-corrected chi connectivity index (χ0v) is 6.83. The van der Waals surface area contributed by atoms with Crippen LogP contribution >= 0.6 is 15.9 Å². The van der Waals surface area contributed by atoms with Gasteiger partial charge in [0.15, 0.2) is 0 Å². The first kappa shape index (κ1) is 10.4. The Morgan fingerprint density at radius 1 is 1.43 bits per heavy atom. The fourth-order valence-electron chi connectivity index (χ4n) is 0. The first-order valence-electron chi connectivity index (χ1n) is 2.35. The smallest absolute Gasteiger partial charge is 0.00541 e. The monoisotopic (exact) mass is 167 g/mol. The van der Waals surface area contributed by atoms with Crippen LogP contribution in [-0.4, -0.2) is 12.4 Å². The van der Waals surface area contributed by atoms with Gasteiger partial charge in [-0.05, 0) is 18.3 Å². The van der Waals surface area contributed by atoms with Crippen LogP contribution in [0.2, 0.25) is 0 Å². The van der Waals surface area contributed by atoms with Gasteiger partial charge in [0, 0.05) is 0 Å². The van der Waals surface area contributed by atoms with Crippen LogP contribution in [0.25, 0.3) is 0 Å². The van der Waals surface area contributed by atoms with Crippen LogP contribution in [0.5, 0.6) is 0 Å². The molecule has 0 spiro atoms. The summed E-state index contributed by atoms with van der Waals surface area (Å²) in [4.78, 5) is 0. The second kappa shape index (κ2) is 9.67. The Labute approximate surface area is 54.4 Å². The molecule has 0 fully saturated rings. The average molecular weight is 168 g/mol. The summed E-state index contributed by atoms with van der Waals surface area (Å²) in [6.45, 7) is 5.00. The Morgan fingerprint density at radius 2 is 1.57 bits per heavy atom. The minimum Gasteiger partial charge on any atom is -0.330 e. The van der Waals surface area contributed by atoms with E-state index in [0.29, 0.717) is 5.92 Å². The molecule has 0 atom stereocenters. The minimum absolute atomic E-state index is 0.662. The Bertz CT molecular complexity index is 22.0. The van der Waals surface area contributed by atoms with Gasteiger partial charge in [0.25, 0.3) is 0 Å². The van der Waals surface area contributed by atoms with E-state index in [2.05, 4.69) is 29.8 Å². The summed E-state index contributed by atoms with van der Waals surface area (Å²) < 4.78 is 0. The van der Waals surface area contributed by atoms with Crippen molar-refractivity contribution in [1.29, 1.82) is 0 Å². The Kier molecular flexibility index (Phi) is 14.4. The Hall–Kier alpha value is 0.440. The topological polar surface area (TPSA) is 26.0 Å². The van der Waals surface area contributed by atoms with Crippen molar-refractivity contribution in [2.24, 2.45) is 11.7 Å². The third-order valence-corrected chi connectivity index (χ3v) is 0.471. The van der Waals surface area contributed by atoms with Crippen molar-refractivity contribution < 1.29 is 0 Å². The highest BCUT2D eigenvalue weighted by Crippen LogP contribution is 1.81. The van der Waals surface area contributed by atoms with Crippen molar-refractivity contribution in [2.45, 2.75) is 13.8 Å². The predicted octanol–water partition coefficient (Wildman–Crippen LogP) is 1.61. The lowest BCUT2D eigenvalue weighted by Gasteiger charge is -1.91. The lowest BCUT2D eigenvalue weighted by Crippen LogP contribution is -2.05. The summed E-state index contributed by atoms with van der Waals surface area (Å²) in [5.74, 6) is 2.47. The third kappa shape index (κ3) is 21.3. The highest BCUT2D eigenvalue weighted by atomic mass is 79.9. The van der Waals surface area contributed by atoms with Gasteiger partial charge < -0.3 is 5.73 Å². The van der Waals surface area contributed by atoms with Crippen LogP contribution in [0.15, 0.2) is 0 Å². The lowest BCUT2D eigenvalue weighted by molar-refractivity contribution is 0.664. The average Bonchev–Trinajstić information content (AvgIpc) is 1.73. The predicted molar refractivity (Wildman–Crippen MR) is 38.7 cm³/mol. The van der Waals surface area contributed by atoms with Gasteiger partial charge in [0.05, 0.1) is 0 Å². The molecule has 0 radical (unpaired) electrons. The lowest BCUT2D eigenvalue weighted by atomic mass is 10.2. The molecule has 0 saturated carbocycles. The molecule has 0 bridgehead atoms. The molecule has 0 aliphatic rings. The molecule has 0 amide bonds. The van der Waals surface area contributed by atoms with Crippen LogP contribution in [0.4, 0.5) is 0 Å². The second-order valence-corrected chi connectivity index (χ2v) is 1.63. The molecule has 0 aliphatic heterocycles. The van der Waals surface area contributed by atoms with Crippen LogP contribution in [-0.2, 0) is 0 Å². The van der Waals surface area contributed by atoms with E-state index in [1.807, 2.05) is 5.83 Å². The van der Waals surface area contributed by atoms with Crippen LogP contribution in [0.3, 0.4) is 0 Å². The number of alkyl halides is 1. The maximum Gasteiger partial charge on any atom is -0.00541 e. The number of nitrogens with two attached hydrogens (primary N) is 1. The summed E-state index contributed by atoms with van der Waals surface area (Å²) >= 11 is 2.94. The van der Waals surface area contributed by atoms with E-state index in [1.54, 1.807) is 0 Å². The standard InChI is InChI=1S/C4H11N.CH3Br/c1-4(2)3-5;1-2/h4H,3,5H2,1-2H3;1H3. The molecule has 2 N–H and O–H groups in total. The normalized spacial score (nSPS) is 7.71. The van der Waals surface area contributed by atoms with E-state index in [1.165, 1.54) is 0 Å². The van der Waals surface area contributed by atoms with Gasteiger partial charge in [0.1, 0.15) is 0 Å². The molecule has 0 aromatic rings. The van der Waals surface area contributed by atoms with Gasteiger partial charge in [-0.3, -0.25) is 0 Å². The van der Waals surface area contributed by atoms with E-state index < -0.39 is 0 Å². The zero-order valence-electron chi connectivity index (χ0n) is 5.24. The van der Waals surface area contributed by atoms with E-state index in [0.717, 1.165) is 6.54 Å². The first-order chi connectivity index (χ1) is 3.27. The van der Waals surface area contributed by atoms with E-state index in [-0.39, 0.29) is 0 Å². The van der Waals surface area contributed by atoms with Gasteiger partial charge in [-0.1, -0.05) is 29.8 Å². The molecule has 0 unspecified atom stereocenters. The second-order valence-electron chi connectivity index (χ2n) is 1.63. The molecular formula is C5H14BrN. The van der Waals surface area contributed by atoms with Gasteiger partial charge in [-0.15, -0.1) is 0 Å². The van der Waals surface area contributed by atoms with Crippen molar-refractivity contribution in [3.8, 4) is 0 Å². The third-order valence-electron chi connectivity index (χ3n) is 0.471. The molecule has 7 heavy (non-hydrogen) atoms. The molecule has 0 aliphatic carbocycles. The highest BCUT2D eigenvalue weighted by molar-refractivity contribution is 9.08. The number of halogens is 1. The quantitative estimate of drug-likeness (QED) is 0.591. The largest absolute Gasteiger partial charge is 0.330 e. The van der Waals surface area contributed by atoms with E-state index in [9.17, 15) is 0 Å². The molecule has 0 aromatic heterocycles. The van der Waals surface area contributed by atoms with Crippen molar-refractivity contribution in [2.75, 3.05) is 12.4 Å². The Balaban J connectivity index is 0. The van der Waals surface area contributed by atoms with Gasteiger partial charge in [0.2, 0.25) is 0 Å². The molecule has 0 saturated heterocycles. The summed E-state index contributed by atoms with van der Waals surface area (Å²) in [5.41, 5.74) is 5.17. The maximum atomic E-state index is 5.17. The number of hydrogen-bond acceptors (Lipinski definition) is 1. The van der Waals surface area contributed by atoms with E-state index in [4.69, 9.17) is 5.73 Å². The Morgan fingerprint density at radius 3 is 1.57 bits per heavy atom. The molecule has 0 aromatic carbocycles. The molecule has 1 nitrogen and oxygen atoms in total. The van der Waals surface area contributed by atoms with Gasteiger partial charge >= 0.3 is 0 Å². The summed E-state index contributed by atoms with van der Waals surface area (Å²) in [6.07, 6.45) is 0. The van der Waals surface area contributed by atoms with Crippen LogP contribution in [0.1, 0.15) is 13.8 Å². The van der Waals surface area contributed by atoms with Crippen molar-refractivity contribution in [1.82, 2.24) is 0 Å². The molecule has 0 rings (SSSR count). The zero-order chi connectivity index (χ0) is 6.28. The number of hydrogen-bond donors (Lipinski definition) is 1. The molecule has 0 heterocycles. The highest BCUT2D eigenvalue weighted by Gasteiger charge is 1.80. The van der Waals surface area contributed by atoms with Gasteiger partial charge in [-0.25, -0.2) is 0 Å². The molecular weight excluding hydrogens is 154 g/mol. The van der Waals surface area contributed by atoms with Crippen molar-refractivity contribution >= 4 is 15.9 Å². The maximum absolute atomic E-state index is 5.17. The summed E-state index contributed by atoms with van der Waals surface area (Å²) in [6, 6.07) is 0. The minimum atomic E-state index is 0.662. The number of rotatable bonds is 1. The fourth-order valence-corrected chi connectivity index (χ4v) is 0. The first-order valence-corrected chi connectivity index (χ1v) is 3.94. The van der Waals surface area contributed by atoms with Crippen molar-refractivity contribution in [3.05, 3.63) is 0 Å². The molecule has 46 valence electrons. The molecule has 2 heteroatoms. The van der Waals surface area contributed by atoms with Crippen LogP contribution in [0, 0.1) is 5.92 Å².